The van der Waals surface area contributed by atoms with E-state index in [9.17, 15) is 4.79 Å². The summed E-state index contributed by atoms with van der Waals surface area (Å²) in [5, 5.41) is 10.3. The number of nitrogens with one attached hydrogen (secondary N) is 1. The first-order valence-electron chi connectivity index (χ1n) is 6.19. The highest BCUT2D eigenvalue weighted by atomic mass is 16.5. The lowest BCUT2D eigenvalue weighted by molar-refractivity contribution is -0.116. The molecule has 0 spiro atoms. The molecule has 1 amide bonds. The maximum atomic E-state index is 11.9. The number of rotatable bonds is 6. The van der Waals surface area contributed by atoms with Crippen LogP contribution in [0.25, 0.3) is 0 Å². The van der Waals surface area contributed by atoms with Gasteiger partial charge in [0.1, 0.15) is 12.2 Å². The average molecular weight is 276 g/mol. The van der Waals surface area contributed by atoms with E-state index in [1.165, 1.54) is 4.68 Å². The number of carbonyl (C=O) groups excluding carboxylic acids is 1. The van der Waals surface area contributed by atoms with Crippen molar-refractivity contribution in [3.8, 4) is 5.88 Å². The van der Waals surface area contributed by atoms with Crippen molar-refractivity contribution in [3.05, 3.63) is 30.2 Å². The number of amides is 1. The van der Waals surface area contributed by atoms with Gasteiger partial charge in [0, 0.05) is 12.7 Å². The molecule has 2 rings (SSSR count). The van der Waals surface area contributed by atoms with Crippen LogP contribution in [0.5, 0.6) is 5.88 Å². The first-order chi connectivity index (χ1) is 9.72. The summed E-state index contributed by atoms with van der Waals surface area (Å²) in [7, 11) is 0. The molecule has 8 heteroatoms. The van der Waals surface area contributed by atoms with Gasteiger partial charge in [-0.25, -0.2) is 9.67 Å². The zero-order valence-corrected chi connectivity index (χ0v) is 11.1. The van der Waals surface area contributed by atoms with Gasteiger partial charge in [0.25, 0.3) is 0 Å². The Morgan fingerprint density at radius 2 is 2.40 bits per heavy atom. The van der Waals surface area contributed by atoms with Crippen LogP contribution in [-0.2, 0) is 17.9 Å². The molecule has 3 N–H and O–H groups in total. The zero-order valence-electron chi connectivity index (χ0n) is 11.1. The Morgan fingerprint density at radius 3 is 3.10 bits per heavy atom. The summed E-state index contributed by atoms with van der Waals surface area (Å²) in [6, 6.07) is 3.45. The number of anilines is 1. The lowest BCUT2D eigenvalue weighted by Crippen LogP contribution is -2.19. The summed E-state index contributed by atoms with van der Waals surface area (Å²) in [5.41, 5.74) is 6.59. The van der Waals surface area contributed by atoms with Gasteiger partial charge in [0.05, 0.1) is 18.5 Å². The normalized spacial score (nSPS) is 10.3. The number of hydrogen-bond donors (Lipinski definition) is 2. The Labute approximate surface area is 115 Å². The molecule has 2 heterocycles. The van der Waals surface area contributed by atoms with Crippen molar-refractivity contribution in [2.45, 2.75) is 20.0 Å². The van der Waals surface area contributed by atoms with Crippen molar-refractivity contribution in [2.24, 2.45) is 5.73 Å². The Kier molecular flexibility index (Phi) is 4.61. The number of nitrogens with two attached hydrogens (primary N) is 1. The lowest BCUT2D eigenvalue weighted by Gasteiger charge is -2.09. The molecular formula is C12H16N6O2. The molecule has 0 atom stereocenters. The summed E-state index contributed by atoms with van der Waals surface area (Å²) in [6.45, 7) is 2.67. The van der Waals surface area contributed by atoms with Gasteiger partial charge in [-0.2, -0.15) is 0 Å². The van der Waals surface area contributed by atoms with Gasteiger partial charge < -0.3 is 15.8 Å². The molecule has 20 heavy (non-hydrogen) atoms. The van der Waals surface area contributed by atoms with Crippen molar-refractivity contribution in [1.82, 2.24) is 20.0 Å². The quantitative estimate of drug-likeness (QED) is 0.778. The Morgan fingerprint density at radius 1 is 1.55 bits per heavy atom. The van der Waals surface area contributed by atoms with Gasteiger partial charge in [-0.3, -0.25) is 4.79 Å². The molecule has 2 aromatic heterocycles. The van der Waals surface area contributed by atoms with Crippen LogP contribution >= 0.6 is 0 Å². The third kappa shape index (κ3) is 3.51. The van der Waals surface area contributed by atoms with E-state index in [0.29, 0.717) is 30.4 Å². The Balaban J connectivity index is 2.00. The van der Waals surface area contributed by atoms with E-state index in [4.69, 9.17) is 10.5 Å². The standard InChI is InChI=1S/C12H16N6O2/c1-2-20-12-10(4-3-5-14-12)15-11(19)8-18-7-9(6-13)16-17-18/h3-5,7H,2,6,8,13H2,1H3,(H,15,19). The first-order valence-corrected chi connectivity index (χ1v) is 6.19. The summed E-state index contributed by atoms with van der Waals surface area (Å²) >= 11 is 0. The van der Waals surface area contributed by atoms with Gasteiger partial charge in [0.2, 0.25) is 11.8 Å². The van der Waals surface area contributed by atoms with Crippen LogP contribution in [0.1, 0.15) is 12.6 Å². The highest BCUT2D eigenvalue weighted by Crippen LogP contribution is 2.20. The topological polar surface area (TPSA) is 108 Å². The number of nitrogens with zero attached hydrogens (tertiary/aromatic N) is 4. The Hall–Kier alpha value is -2.48. The van der Waals surface area contributed by atoms with Crippen LogP contribution < -0.4 is 15.8 Å². The fourth-order valence-corrected chi connectivity index (χ4v) is 1.58. The van der Waals surface area contributed by atoms with Crippen molar-refractivity contribution in [2.75, 3.05) is 11.9 Å². The second-order valence-electron chi connectivity index (χ2n) is 3.95. The van der Waals surface area contributed by atoms with Gasteiger partial charge in [-0.1, -0.05) is 5.21 Å². The van der Waals surface area contributed by atoms with Crippen molar-refractivity contribution < 1.29 is 9.53 Å². The summed E-state index contributed by atoms with van der Waals surface area (Å²) in [5.74, 6) is 0.150. The highest BCUT2D eigenvalue weighted by Gasteiger charge is 2.10. The predicted octanol–water partition coefficient (Wildman–Crippen LogP) is 0.169. The molecule has 0 aliphatic carbocycles. The maximum Gasteiger partial charge on any atom is 0.246 e. The fraction of sp³-hybridized carbons (Fsp3) is 0.333. The van der Waals surface area contributed by atoms with Gasteiger partial charge >= 0.3 is 0 Å². The molecule has 0 aliphatic heterocycles. The molecule has 2 aromatic rings. The van der Waals surface area contributed by atoms with Crippen molar-refractivity contribution >= 4 is 11.6 Å². The van der Waals surface area contributed by atoms with E-state index in [0.717, 1.165) is 0 Å². The molecule has 0 aliphatic rings. The second-order valence-corrected chi connectivity index (χ2v) is 3.95. The molecule has 0 radical (unpaired) electrons. The number of carbonyl (C=O) groups is 1. The summed E-state index contributed by atoms with van der Waals surface area (Å²) < 4.78 is 6.76. The van der Waals surface area contributed by atoms with Crippen molar-refractivity contribution in [3.63, 3.8) is 0 Å². The van der Waals surface area contributed by atoms with Crippen LogP contribution in [0.3, 0.4) is 0 Å². The van der Waals surface area contributed by atoms with E-state index in [1.54, 1.807) is 24.5 Å². The smallest absolute Gasteiger partial charge is 0.246 e. The van der Waals surface area contributed by atoms with Crippen LogP contribution in [0.15, 0.2) is 24.5 Å². The molecule has 0 saturated carbocycles. The molecule has 106 valence electrons. The van der Waals surface area contributed by atoms with Crippen molar-refractivity contribution in [1.29, 1.82) is 0 Å². The lowest BCUT2D eigenvalue weighted by atomic mass is 10.4. The third-order valence-corrected chi connectivity index (χ3v) is 2.43. The zero-order chi connectivity index (χ0) is 14.4. The molecule has 0 fully saturated rings. The molecule has 0 saturated heterocycles. The van der Waals surface area contributed by atoms with E-state index in [2.05, 4.69) is 20.6 Å². The minimum absolute atomic E-state index is 0.0491. The number of aromatic nitrogens is 4. The summed E-state index contributed by atoms with van der Waals surface area (Å²) in [4.78, 5) is 16.0. The molecule has 0 unspecified atom stereocenters. The molecule has 0 bridgehead atoms. The van der Waals surface area contributed by atoms with E-state index in [1.807, 2.05) is 6.92 Å². The van der Waals surface area contributed by atoms with Crippen LogP contribution in [0.2, 0.25) is 0 Å². The minimum Gasteiger partial charge on any atom is -0.476 e. The molecule has 8 nitrogen and oxygen atoms in total. The first kappa shape index (κ1) is 13.9. The largest absolute Gasteiger partial charge is 0.476 e. The summed E-state index contributed by atoms with van der Waals surface area (Å²) in [6.07, 6.45) is 3.23. The number of ether oxygens (including phenoxy) is 1. The molecule has 0 aromatic carbocycles. The van der Waals surface area contributed by atoms with E-state index < -0.39 is 0 Å². The minimum atomic E-state index is -0.243. The number of pyridine rings is 1. The van der Waals surface area contributed by atoms with Crippen LogP contribution in [0.4, 0.5) is 5.69 Å². The fourth-order valence-electron chi connectivity index (χ4n) is 1.58. The highest BCUT2D eigenvalue weighted by molar-refractivity contribution is 5.91. The van der Waals surface area contributed by atoms with Gasteiger partial charge in [0.15, 0.2) is 0 Å². The van der Waals surface area contributed by atoms with Crippen LogP contribution in [0, 0.1) is 0 Å². The average Bonchev–Trinajstić information content (AvgIpc) is 2.89. The van der Waals surface area contributed by atoms with E-state index in [-0.39, 0.29) is 12.5 Å². The van der Waals surface area contributed by atoms with Gasteiger partial charge in [-0.05, 0) is 19.1 Å². The second kappa shape index (κ2) is 6.62. The number of hydrogen-bond acceptors (Lipinski definition) is 6. The maximum absolute atomic E-state index is 11.9. The van der Waals surface area contributed by atoms with Crippen LogP contribution in [-0.4, -0.2) is 32.5 Å². The van der Waals surface area contributed by atoms with E-state index >= 15 is 0 Å². The molecular weight excluding hydrogens is 260 g/mol. The van der Waals surface area contributed by atoms with Gasteiger partial charge in [-0.15, -0.1) is 5.10 Å². The SMILES string of the molecule is CCOc1ncccc1NC(=O)Cn1cc(CN)nn1. The third-order valence-electron chi connectivity index (χ3n) is 2.43. The monoisotopic (exact) mass is 276 g/mol. The predicted molar refractivity (Wildman–Crippen MR) is 71.9 cm³/mol. The Bertz CT molecular complexity index is 583.